The van der Waals surface area contributed by atoms with Gasteiger partial charge in [-0.3, -0.25) is 0 Å². The van der Waals surface area contributed by atoms with E-state index in [4.69, 9.17) is 0 Å². The van der Waals surface area contributed by atoms with Gasteiger partial charge >= 0.3 is 0 Å². The highest BCUT2D eigenvalue weighted by Gasteiger charge is 1.95. The van der Waals surface area contributed by atoms with E-state index in [0.29, 0.717) is 0 Å². The van der Waals surface area contributed by atoms with Crippen molar-refractivity contribution in [1.82, 2.24) is 5.32 Å². The summed E-state index contributed by atoms with van der Waals surface area (Å²) in [4.78, 5) is 0. The van der Waals surface area contributed by atoms with Crippen molar-refractivity contribution >= 4 is 0 Å². The van der Waals surface area contributed by atoms with E-state index in [2.05, 4.69) is 43.9 Å². The fourth-order valence-electron chi connectivity index (χ4n) is 1.33. The molecular formula is C13H19N. The summed E-state index contributed by atoms with van der Waals surface area (Å²) < 4.78 is 0. The second-order valence-corrected chi connectivity index (χ2v) is 3.98. The Bertz CT molecular complexity index is 326. The first-order valence-electron chi connectivity index (χ1n) is 5.01. The lowest BCUT2D eigenvalue weighted by molar-refractivity contribution is 0.740. The van der Waals surface area contributed by atoms with E-state index in [1.165, 1.54) is 22.3 Å². The van der Waals surface area contributed by atoms with E-state index < -0.39 is 0 Å². The van der Waals surface area contributed by atoms with Gasteiger partial charge in [0.05, 0.1) is 0 Å². The third-order valence-electron chi connectivity index (χ3n) is 2.33. The number of rotatable bonds is 4. The Morgan fingerprint density at radius 3 is 2.57 bits per heavy atom. The number of benzene rings is 1. The SMILES string of the molecule is C=C(C)CNCc1ccc(C)c(C)c1. The van der Waals surface area contributed by atoms with Crippen LogP contribution >= 0.6 is 0 Å². The number of nitrogens with one attached hydrogen (secondary N) is 1. The molecule has 0 aromatic heterocycles. The van der Waals surface area contributed by atoms with Crippen molar-refractivity contribution in [3.8, 4) is 0 Å². The zero-order chi connectivity index (χ0) is 10.6. The van der Waals surface area contributed by atoms with Gasteiger partial charge in [-0.05, 0) is 37.5 Å². The first kappa shape index (κ1) is 11.0. The minimum atomic E-state index is 0.896. The van der Waals surface area contributed by atoms with Gasteiger partial charge in [-0.2, -0.15) is 0 Å². The standard InChI is InChI=1S/C13H19N/c1-10(2)8-14-9-13-6-5-11(3)12(4)7-13/h5-7,14H,1,8-9H2,2-4H3. The molecule has 1 nitrogen and oxygen atoms in total. The lowest BCUT2D eigenvalue weighted by Crippen LogP contribution is -2.15. The summed E-state index contributed by atoms with van der Waals surface area (Å²) in [5.41, 5.74) is 5.23. The second kappa shape index (κ2) is 4.97. The maximum absolute atomic E-state index is 3.86. The van der Waals surface area contributed by atoms with E-state index in [1.807, 2.05) is 6.92 Å². The Morgan fingerprint density at radius 1 is 1.29 bits per heavy atom. The molecule has 1 N–H and O–H groups in total. The van der Waals surface area contributed by atoms with Crippen LogP contribution in [0.1, 0.15) is 23.6 Å². The van der Waals surface area contributed by atoms with E-state index in [1.54, 1.807) is 0 Å². The molecule has 76 valence electrons. The summed E-state index contributed by atoms with van der Waals surface area (Å²) in [5.74, 6) is 0. The van der Waals surface area contributed by atoms with E-state index in [9.17, 15) is 0 Å². The largest absolute Gasteiger partial charge is 0.309 e. The minimum absolute atomic E-state index is 0.896. The topological polar surface area (TPSA) is 12.0 Å². The van der Waals surface area contributed by atoms with Crippen molar-refractivity contribution in [2.45, 2.75) is 27.3 Å². The maximum Gasteiger partial charge on any atom is 0.0208 e. The average Bonchev–Trinajstić information content (AvgIpc) is 2.10. The highest BCUT2D eigenvalue weighted by molar-refractivity contribution is 5.29. The molecule has 1 heteroatoms. The summed E-state index contributed by atoms with van der Waals surface area (Å²) in [6.45, 7) is 12.0. The van der Waals surface area contributed by atoms with Crippen molar-refractivity contribution in [3.63, 3.8) is 0 Å². The highest BCUT2D eigenvalue weighted by Crippen LogP contribution is 2.09. The molecule has 0 atom stereocenters. The molecule has 0 saturated carbocycles. The predicted octanol–water partition coefficient (Wildman–Crippen LogP) is 2.97. The summed E-state index contributed by atoms with van der Waals surface area (Å²) in [6, 6.07) is 6.58. The Kier molecular flexibility index (Phi) is 3.90. The molecule has 0 saturated heterocycles. The first-order valence-corrected chi connectivity index (χ1v) is 5.01. The fourth-order valence-corrected chi connectivity index (χ4v) is 1.33. The van der Waals surface area contributed by atoms with Gasteiger partial charge in [0, 0.05) is 13.1 Å². The minimum Gasteiger partial charge on any atom is -0.309 e. The van der Waals surface area contributed by atoms with Crippen LogP contribution in [0.5, 0.6) is 0 Å². The zero-order valence-corrected chi connectivity index (χ0v) is 9.35. The average molecular weight is 189 g/mol. The van der Waals surface area contributed by atoms with Gasteiger partial charge in [-0.25, -0.2) is 0 Å². The number of aryl methyl sites for hydroxylation is 2. The normalized spacial score (nSPS) is 10.2. The molecule has 0 aliphatic carbocycles. The molecule has 0 amide bonds. The van der Waals surface area contributed by atoms with Crippen molar-refractivity contribution in [1.29, 1.82) is 0 Å². The molecule has 0 bridgehead atoms. The van der Waals surface area contributed by atoms with Crippen LogP contribution in [0.4, 0.5) is 0 Å². The van der Waals surface area contributed by atoms with Gasteiger partial charge in [0.1, 0.15) is 0 Å². The molecule has 0 aliphatic heterocycles. The van der Waals surface area contributed by atoms with E-state index in [-0.39, 0.29) is 0 Å². The third kappa shape index (κ3) is 3.35. The zero-order valence-electron chi connectivity index (χ0n) is 9.35. The molecule has 1 aromatic rings. The van der Waals surface area contributed by atoms with Gasteiger partial charge in [0.15, 0.2) is 0 Å². The van der Waals surface area contributed by atoms with Crippen molar-refractivity contribution in [2.24, 2.45) is 0 Å². The summed E-state index contributed by atoms with van der Waals surface area (Å²) in [7, 11) is 0. The van der Waals surface area contributed by atoms with Crippen LogP contribution in [0.25, 0.3) is 0 Å². The Morgan fingerprint density at radius 2 is 2.00 bits per heavy atom. The van der Waals surface area contributed by atoms with E-state index in [0.717, 1.165) is 13.1 Å². The quantitative estimate of drug-likeness (QED) is 0.718. The molecule has 0 aliphatic rings. The fraction of sp³-hybridized carbons (Fsp3) is 0.385. The monoisotopic (exact) mass is 189 g/mol. The summed E-state index contributed by atoms with van der Waals surface area (Å²) >= 11 is 0. The molecule has 1 rings (SSSR count). The smallest absolute Gasteiger partial charge is 0.0208 e. The van der Waals surface area contributed by atoms with Gasteiger partial charge in [-0.15, -0.1) is 0 Å². The van der Waals surface area contributed by atoms with Crippen LogP contribution in [0.15, 0.2) is 30.4 Å². The number of hydrogen-bond acceptors (Lipinski definition) is 1. The molecule has 0 unspecified atom stereocenters. The maximum atomic E-state index is 3.86. The predicted molar refractivity (Wildman–Crippen MR) is 62.4 cm³/mol. The Labute approximate surface area is 86.8 Å². The number of hydrogen-bond donors (Lipinski definition) is 1. The van der Waals surface area contributed by atoms with Gasteiger partial charge in [-0.1, -0.05) is 30.4 Å². The molecule has 1 aromatic carbocycles. The van der Waals surface area contributed by atoms with Crippen molar-refractivity contribution in [3.05, 3.63) is 47.0 Å². The van der Waals surface area contributed by atoms with Gasteiger partial charge < -0.3 is 5.32 Å². The molecule has 14 heavy (non-hydrogen) atoms. The summed E-state index contributed by atoms with van der Waals surface area (Å²) in [6.07, 6.45) is 0. The van der Waals surface area contributed by atoms with Crippen molar-refractivity contribution in [2.75, 3.05) is 6.54 Å². The third-order valence-corrected chi connectivity index (χ3v) is 2.33. The van der Waals surface area contributed by atoms with Crippen molar-refractivity contribution < 1.29 is 0 Å². The molecule has 0 radical (unpaired) electrons. The lowest BCUT2D eigenvalue weighted by atomic mass is 10.1. The van der Waals surface area contributed by atoms with Crippen LogP contribution in [0.2, 0.25) is 0 Å². The van der Waals surface area contributed by atoms with Crippen LogP contribution in [0.3, 0.4) is 0 Å². The Hall–Kier alpha value is -1.08. The van der Waals surface area contributed by atoms with Crippen LogP contribution in [0, 0.1) is 13.8 Å². The van der Waals surface area contributed by atoms with Gasteiger partial charge in [0.25, 0.3) is 0 Å². The lowest BCUT2D eigenvalue weighted by Gasteiger charge is -2.06. The summed E-state index contributed by atoms with van der Waals surface area (Å²) in [5, 5.41) is 3.35. The van der Waals surface area contributed by atoms with Gasteiger partial charge in [0.2, 0.25) is 0 Å². The Balaban J connectivity index is 2.51. The molecular weight excluding hydrogens is 170 g/mol. The molecule has 0 heterocycles. The van der Waals surface area contributed by atoms with Crippen LogP contribution < -0.4 is 5.32 Å². The van der Waals surface area contributed by atoms with Crippen LogP contribution in [-0.2, 0) is 6.54 Å². The highest BCUT2D eigenvalue weighted by atomic mass is 14.8. The molecule has 0 fully saturated rings. The second-order valence-electron chi connectivity index (χ2n) is 3.98. The molecule has 0 spiro atoms. The first-order chi connectivity index (χ1) is 6.59. The van der Waals surface area contributed by atoms with Crippen LogP contribution in [-0.4, -0.2) is 6.54 Å². The van der Waals surface area contributed by atoms with E-state index >= 15 is 0 Å².